The number of H-pyrrole nitrogens is 1. The quantitative estimate of drug-likeness (QED) is 0.576. The van der Waals surface area contributed by atoms with E-state index >= 15 is 0 Å². The van der Waals surface area contributed by atoms with Crippen LogP contribution in [0.1, 0.15) is 45.4 Å². The van der Waals surface area contributed by atoms with Gasteiger partial charge in [0.25, 0.3) is 0 Å². The lowest BCUT2D eigenvalue weighted by Gasteiger charge is -2.17. The zero-order valence-electron chi connectivity index (χ0n) is 13.5. The highest BCUT2D eigenvalue weighted by molar-refractivity contribution is 5.92. The second kappa shape index (κ2) is 7.78. The number of amides is 1. The highest BCUT2D eigenvalue weighted by Crippen LogP contribution is 2.14. The Kier molecular flexibility index (Phi) is 5.75. The van der Waals surface area contributed by atoms with Crippen LogP contribution in [0.2, 0.25) is 0 Å². The largest absolute Gasteiger partial charge is 0.349 e. The van der Waals surface area contributed by atoms with Crippen molar-refractivity contribution in [3.63, 3.8) is 0 Å². The molecule has 1 heterocycles. The van der Waals surface area contributed by atoms with E-state index in [-0.39, 0.29) is 11.9 Å². The van der Waals surface area contributed by atoms with E-state index in [9.17, 15) is 4.79 Å². The molecule has 0 fully saturated rings. The molecular formula is C18H25N3O. The normalized spacial score (nSPS) is 12.3. The van der Waals surface area contributed by atoms with Gasteiger partial charge in [0, 0.05) is 18.0 Å². The molecule has 1 aromatic heterocycles. The third-order valence-electron chi connectivity index (χ3n) is 3.76. The number of carbonyl (C=O) groups is 1. The summed E-state index contributed by atoms with van der Waals surface area (Å²) in [5.74, 6) is 0.849. The zero-order chi connectivity index (χ0) is 15.9. The second-order valence-corrected chi connectivity index (χ2v) is 5.85. The topological polar surface area (TPSA) is 57.8 Å². The summed E-state index contributed by atoms with van der Waals surface area (Å²) in [4.78, 5) is 19.8. The predicted molar refractivity (Wildman–Crippen MR) is 90.7 cm³/mol. The lowest BCUT2D eigenvalue weighted by Crippen LogP contribution is -2.37. The van der Waals surface area contributed by atoms with Crippen LogP contribution in [-0.2, 0) is 11.2 Å². The Hall–Kier alpha value is -2.10. The minimum Gasteiger partial charge on any atom is -0.349 e. The number of aromatic nitrogens is 2. The standard InChI is InChI=1S/C18H25N3O/c1-4-5-6-9-14(19-18(22)13(2)3)12-17-20-15-10-7-8-11-16(15)21-17/h7-8,10-11,14H,2,4-6,9,12H2,1,3H3,(H,19,22)(H,20,21). The number of hydrogen-bond acceptors (Lipinski definition) is 2. The summed E-state index contributed by atoms with van der Waals surface area (Å²) in [5, 5.41) is 3.07. The molecule has 0 bridgehead atoms. The number of nitrogens with one attached hydrogen (secondary N) is 2. The summed E-state index contributed by atoms with van der Waals surface area (Å²) in [5.41, 5.74) is 2.55. The number of para-hydroxylation sites is 2. The number of nitrogens with zero attached hydrogens (tertiary/aromatic N) is 1. The minimum absolute atomic E-state index is 0.0717. The average Bonchev–Trinajstić information content (AvgIpc) is 2.89. The smallest absolute Gasteiger partial charge is 0.246 e. The van der Waals surface area contributed by atoms with Gasteiger partial charge >= 0.3 is 0 Å². The molecule has 4 heteroatoms. The van der Waals surface area contributed by atoms with Crippen molar-refractivity contribution in [3.05, 3.63) is 42.2 Å². The number of carbonyl (C=O) groups excluding carboxylic acids is 1. The Morgan fingerprint density at radius 1 is 1.36 bits per heavy atom. The average molecular weight is 299 g/mol. The molecule has 1 amide bonds. The number of aromatic amines is 1. The third kappa shape index (κ3) is 4.45. The van der Waals surface area contributed by atoms with Crippen molar-refractivity contribution in [2.75, 3.05) is 0 Å². The lowest BCUT2D eigenvalue weighted by molar-refractivity contribution is -0.118. The summed E-state index contributed by atoms with van der Waals surface area (Å²) in [6, 6.07) is 8.08. The van der Waals surface area contributed by atoms with Gasteiger partial charge in [-0.25, -0.2) is 4.98 Å². The van der Waals surface area contributed by atoms with E-state index in [1.165, 1.54) is 12.8 Å². The maximum atomic E-state index is 11.9. The Morgan fingerprint density at radius 3 is 2.82 bits per heavy atom. The molecule has 0 aliphatic rings. The SMILES string of the molecule is C=C(C)C(=O)NC(CCCCC)Cc1nc2ccccc2[nH]1. The summed E-state index contributed by atoms with van der Waals surface area (Å²) in [6.07, 6.45) is 5.14. The molecule has 0 saturated carbocycles. The van der Waals surface area contributed by atoms with Crippen LogP contribution in [0.5, 0.6) is 0 Å². The zero-order valence-corrected chi connectivity index (χ0v) is 13.5. The molecule has 1 aromatic carbocycles. The molecule has 0 aliphatic carbocycles. The number of imidazole rings is 1. The van der Waals surface area contributed by atoms with Gasteiger partial charge < -0.3 is 10.3 Å². The van der Waals surface area contributed by atoms with E-state index in [1.807, 2.05) is 24.3 Å². The van der Waals surface area contributed by atoms with Crippen molar-refractivity contribution in [2.24, 2.45) is 0 Å². The monoisotopic (exact) mass is 299 g/mol. The molecule has 0 aliphatic heterocycles. The highest BCUT2D eigenvalue weighted by Gasteiger charge is 2.15. The summed E-state index contributed by atoms with van der Waals surface area (Å²) >= 11 is 0. The highest BCUT2D eigenvalue weighted by atomic mass is 16.1. The first-order valence-corrected chi connectivity index (χ1v) is 8.00. The molecule has 22 heavy (non-hydrogen) atoms. The maximum Gasteiger partial charge on any atom is 0.246 e. The minimum atomic E-state index is -0.0717. The number of benzene rings is 1. The fraction of sp³-hybridized carbons (Fsp3) is 0.444. The van der Waals surface area contributed by atoms with Crippen molar-refractivity contribution in [3.8, 4) is 0 Å². The summed E-state index contributed by atoms with van der Waals surface area (Å²) in [7, 11) is 0. The fourth-order valence-electron chi connectivity index (χ4n) is 2.51. The van der Waals surface area contributed by atoms with E-state index in [1.54, 1.807) is 6.92 Å². The predicted octanol–water partition coefficient (Wildman–Crippen LogP) is 3.75. The molecule has 0 radical (unpaired) electrons. The van der Waals surface area contributed by atoms with Crippen molar-refractivity contribution < 1.29 is 4.79 Å². The van der Waals surface area contributed by atoms with Gasteiger partial charge in [-0.15, -0.1) is 0 Å². The van der Waals surface area contributed by atoms with E-state index < -0.39 is 0 Å². The molecule has 1 unspecified atom stereocenters. The molecule has 2 N–H and O–H groups in total. The van der Waals surface area contributed by atoms with Crippen molar-refractivity contribution in [1.29, 1.82) is 0 Å². The molecule has 2 rings (SSSR count). The first-order chi connectivity index (χ1) is 10.6. The third-order valence-corrected chi connectivity index (χ3v) is 3.76. The van der Waals surface area contributed by atoms with E-state index in [0.29, 0.717) is 5.57 Å². The van der Waals surface area contributed by atoms with Crippen LogP contribution in [0.25, 0.3) is 11.0 Å². The van der Waals surface area contributed by atoms with Crippen LogP contribution in [0.4, 0.5) is 0 Å². The lowest BCUT2D eigenvalue weighted by atomic mass is 10.0. The van der Waals surface area contributed by atoms with Crippen molar-refractivity contribution in [2.45, 2.75) is 52.0 Å². The van der Waals surface area contributed by atoms with Gasteiger partial charge in [-0.3, -0.25) is 4.79 Å². The van der Waals surface area contributed by atoms with Crippen LogP contribution < -0.4 is 5.32 Å². The first kappa shape index (κ1) is 16.3. The van der Waals surface area contributed by atoms with Crippen LogP contribution >= 0.6 is 0 Å². The molecule has 4 nitrogen and oxygen atoms in total. The fourth-order valence-corrected chi connectivity index (χ4v) is 2.51. The molecule has 2 aromatic rings. The Morgan fingerprint density at radius 2 is 2.14 bits per heavy atom. The number of fused-ring (bicyclic) bond motifs is 1. The van der Waals surface area contributed by atoms with Gasteiger partial charge in [0.1, 0.15) is 5.82 Å². The number of unbranched alkanes of at least 4 members (excludes halogenated alkanes) is 2. The van der Waals surface area contributed by atoms with Gasteiger partial charge in [0.2, 0.25) is 5.91 Å². The summed E-state index contributed by atoms with van der Waals surface area (Å²) in [6.45, 7) is 7.63. The maximum absolute atomic E-state index is 11.9. The van der Waals surface area contributed by atoms with Crippen molar-refractivity contribution in [1.82, 2.24) is 15.3 Å². The van der Waals surface area contributed by atoms with E-state index in [0.717, 1.165) is 36.1 Å². The van der Waals surface area contributed by atoms with Gasteiger partial charge in [0.05, 0.1) is 11.0 Å². The molecule has 1 atom stereocenters. The van der Waals surface area contributed by atoms with Gasteiger partial charge in [-0.2, -0.15) is 0 Å². The van der Waals surface area contributed by atoms with E-state index in [4.69, 9.17) is 0 Å². The first-order valence-electron chi connectivity index (χ1n) is 8.00. The van der Waals surface area contributed by atoms with Gasteiger partial charge in [-0.1, -0.05) is 44.9 Å². The Balaban J connectivity index is 2.06. The Labute approximate surface area is 132 Å². The molecule has 118 valence electrons. The number of hydrogen-bond donors (Lipinski definition) is 2. The van der Waals surface area contributed by atoms with Crippen molar-refractivity contribution >= 4 is 16.9 Å². The summed E-state index contributed by atoms with van der Waals surface area (Å²) < 4.78 is 0. The van der Waals surface area contributed by atoms with Gasteiger partial charge in [-0.05, 0) is 25.5 Å². The Bertz CT molecular complexity index is 612. The van der Waals surface area contributed by atoms with Crippen LogP contribution in [0, 0.1) is 0 Å². The van der Waals surface area contributed by atoms with Crippen LogP contribution in [0.15, 0.2) is 36.4 Å². The molecular weight excluding hydrogens is 274 g/mol. The second-order valence-electron chi connectivity index (χ2n) is 5.85. The van der Waals surface area contributed by atoms with Crippen LogP contribution in [-0.4, -0.2) is 21.9 Å². The number of rotatable bonds is 8. The van der Waals surface area contributed by atoms with Crippen LogP contribution in [0.3, 0.4) is 0 Å². The molecule has 0 saturated heterocycles. The molecule has 0 spiro atoms. The van der Waals surface area contributed by atoms with Gasteiger partial charge in [0.15, 0.2) is 0 Å². The van der Waals surface area contributed by atoms with E-state index in [2.05, 4.69) is 28.8 Å².